The zero-order valence-corrected chi connectivity index (χ0v) is 13.6. The minimum atomic E-state index is -6.57. The highest BCUT2D eigenvalue weighted by Gasteiger charge is 2.75. The Kier molecular flexibility index (Phi) is 5.17. The summed E-state index contributed by atoms with van der Waals surface area (Å²) < 4.78 is 89.0. The van der Waals surface area contributed by atoms with Gasteiger partial charge >= 0.3 is 18.0 Å². The Balaban J connectivity index is 2.09. The molecule has 4 nitrogen and oxygen atoms in total. The molecule has 0 fully saturated rings. The Morgan fingerprint density at radius 3 is 2.31 bits per heavy atom. The van der Waals surface area contributed by atoms with Crippen molar-refractivity contribution in [1.29, 1.82) is 0 Å². The number of fused-ring (bicyclic) bond motifs is 1. The summed E-state index contributed by atoms with van der Waals surface area (Å²) in [6.45, 7) is 1.03. The number of rotatable bonds is 6. The summed E-state index contributed by atoms with van der Waals surface area (Å²) in [6, 6.07) is 6.93. The van der Waals surface area contributed by atoms with Gasteiger partial charge in [0.1, 0.15) is 0 Å². The van der Waals surface area contributed by atoms with E-state index in [4.69, 9.17) is 0 Å². The molecule has 0 aliphatic rings. The number of carbonyl (C=O) groups excluding carboxylic acids is 1. The number of alkyl halides is 7. The second kappa shape index (κ2) is 6.74. The Bertz CT molecular complexity index is 811. The van der Waals surface area contributed by atoms with Crippen LogP contribution in [0.3, 0.4) is 0 Å². The molecule has 26 heavy (non-hydrogen) atoms. The van der Waals surface area contributed by atoms with Crippen molar-refractivity contribution in [3.8, 4) is 0 Å². The minimum Gasteiger partial charge on any atom is -0.303 e. The molecule has 0 aliphatic heterocycles. The number of halogens is 7. The number of thiazole rings is 1. The van der Waals surface area contributed by atoms with Crippen molar-refractivity contribution in [2.45, 2.75) is 24.9 Å². The average molecular weight is 401 g/mol. The first-order chi connectivity index (χ1) is 11.9. The number of benzene rings is 1. The number of nitrogens with zero attached hydrogens (tertiary/aromatic N) is 1. The Morgan fingerprint density at radius 2 is 1.73 bits per heavy atom. The number of carbonyl (C=O) groups is 1. The van der Waals surface area contributed by atoms with E-state index in [1.807, 2.05) is 0 Å². The quantitative estimate of drug-likeness (QED) is 0.425. The molecule has 0 atom stereocenters. The third kappa shape index (κ3) is 3.74. The molecule has 0 saturated heterocycles. The summed E-state index contributed by atoms with van der Waals surface area (Å²) in [5.74, 6) is -15.1. The van der Waals surface area contributed by atoms with Gasteiger partial charge in [-0.25, -0.2) is 4.98 Å². The third-order valence-electron chi connectivity index (χ3n) is 3.07. The number of ketones is 1. The molecular formula is C14H10F7N3OS. The summed E-state index contributed by atoms with van der Waals surface area (Å²) >= 11 is 1.16. The molecule has 0 unspecified atom stereocenters. The first-order valence-corrected chi connectivity index (χ1v) is 7.60. The predicted octanol–water partition coefficient (Wildman–Crippen LogP) is 4.52. The van der Waals surface area contributed by atoms with Crippen LogP contribution in [0.25, 0.3) is 10.2 Å². The summed E-state index contributed by atoms with van der Waals surface area (Å²) in [5.41, 5.74) is 4.88. The first kappa shape index (κ1) is 19.9. The molecule has 142 valence electrons. The fourth-order valence-electron chi connectivity index (χ4n) is 1.73. The minimum absolute atomic E-state index is 0.0417. The van der Waals surface area contributed by atoms with Crippen LogP contribution in [0.1, 0.15) is 6.92 Å². The van der Waals surface area contributed by atoms with Gasteiger partial charge in [-0.1, -0.05) is 23.5 Å². The smallest absolute Gasteiger partial charge is 0.303 e. The lowest BCUT2D eigenvalue weighted by Crippen LogP contribution is -2.55. The van der Waals surface area contributed by atoms with Gasteiger partial charge in [0.25, 0.3) is 0 Å². The molecule has 0 amide bonds. The number of para-hydroxylation sites is 1. The summed E-state index contributed by atoms with van der Waals surface area (Å²) in [7, 11) is 0. The molecule has 1 aromatic heterocycles. The third-order valence-corrected chi connectivity index (χ3v) is 4.02. The Hall–Kier alpha value is -2.37. The van der Waals surface area contributed by atoms with Crippen LogP contribution in [-0.4, -0.2) is 28.8 Å². The van der Waals surface area contributed by atoms with Crippen molar-refractivity contribution in [3.63, 3.8) is 0 Å². The molecule has 1 aromatic carbocycles. The molecule has 0 bridgehead atoms. The monoisotopic (exact) mass is 401 g/mol. The van der Waals surface area contributed by atoms with E-state index in [9.17, 15) is 35.5 Å². The fourth-order valence-corrected chi connectivity index (χ4v) is 2.55. The van der Waals surface area contributed by atoms with E-state index in [2.05, 4.69) is 15.8 Å². The van der Waals surface area contributed by atoms with E-state index in [-0.39, 0.29) is 11.2 Å². The molecule has 0 aliphatic carbocycles. The standard InChI is InChI=1S/C14H10F7N3OS/c1-7(6-10(25)12(15,16)13(17,18)14(19,20)21)23-24-11-22-8-4-2-3-5-9(8)26-11/h2-6,23H,1H3,(H,22,24)/b7-6+. The number of hydrogen-bond acceptors (Lipinski definition) is 5. The largest absolute Gasteiger partial charge is 0.460 e. The van der Waals surface area contributed by atoms with Crippen molar-refractivity contribution in [2.75, 3.05) is 5.43 Å². The molecule has 2 N–H and O–H groups in total. The van der Waals surface area contributed by atoms with Crippen molar-refractivity contribution in [2.24, 2.45) is 0 Å². The van der Waals surface area contributed by atoms with Gasteiger partial charge in [-0.3, -0.25) is 10.2 Å². The molecule has 2 rings (SSSR count). The molecule has 1 heterocycles. The normalized spacial score (nSPS) is 13.8. The van der Waals surface area contributed by atoms with Gasteiger partial charge in [-0.2, -0.15) is 30.7 Å². The lowest BCUT2D eigenvalue weighted by molar-refractivity contribution is -0.342. The van der Waals surface area contributed by atoms with Crippen LogP contribution in [0.2, 0.25) is 0 Å². The van der Waals surface area contributed by atoms with E-state index >= 15 is 0 Å². The van der Waals surface area contributed by atoms with Gasteiger partial charge in [-0.15, -0.1) is 0 Å². The zero-order valence-electron chi connectivity index (χ0n) is 12.8. The van der Waals surface area contributed by atoms with Gasteiger partial charge in [-0.05, 0) is 19.1 Å². The second-order valence-electron chi connectivity index (χ2n) is 5.07. The van der Waals surface area contributed by atoms with E-state index in [1.54, 1.807) is 24.3 Å². The van der Waals surface area contributed by atoms with Gasteiger partial charge in [0.2, 0.25) is 10.9 Å². The lowest BCUT2D eigenvalue weighted by Gasteiger charge is -2.26. The number of allylic oxidation sites excluding steroid dienone is 2. The maximum Gasteiger partial charge on any atom is 0.460 e. The van der Waals surface area contributed by atoms with Crippen LogP contribution >= 0.6 is 11.3 Å². The van der Waals surface area contributed by atoms with Crippen LogP contribution in [0.5, 0.6) is 0 Å². The summed E-state index contributed by atoms with van der Waals surface area (Å²) in [4.78, 5) is 15.3. The molecule has 0 spiro atoms. The van der Waals surface area contributed by atoms with Crippen molar-refractivity contribution in [1.82, 2.24) is 10.4 Å². The summed E-state index contributed by atoms with van der Waals surface area (Å²) in [6.07, 6.45) is -6.61. The van der Waals surface area contributed by atoms with Crippen LogP contribution in [-0.2, 0) is 4.79 Å². The van der Waals surface area contributed by atoms with E-state index in [0.717, 1.165) is 23.0 Å². The van der Waals surface area contributed by atoms with E-state index in [0.29, 0.717) is 5.52 Å². The highest BCUT2D eigenvalue weighted by atomic mass is 32.1. The van der Waals surface area contributed by atoms with Crippen molar-refractivity contribution < 1.29 is 35.5 Å². The average Bonchev–Trinajstić information content (AvgIpc) is 2.94. The number of hydrogen-bond donors (Lipinski definition) is 2. The Morgan fingerprint density at radius 1 is 1.12 bits per heavy atom. The van der Waals surface area contributed by atoms with Crippen LogP contribution in [0, 0.1) is 0 Å². The van der Waals surface area contributed by atoms with Crippen LogP contribution < -0.4 is 10.9 Å². The van der Waals surface area contributed by atoms with Crippen LogP contribution in [0.4, 0.5) is 35.9 Å². The van der Waals surface area contributed by atoms with Gasteiger partial charge in [0, 0.05) is 11.8 Å². The number of anilines is 1. The molecular weight excluding hydrogens is 391 g/mol. The second-order valence-corrected chi connectivity index (χ2v) is 6.11. The summed E-state index contributed by atoms with van der Waals surface area (Å²) in [5, 5.41) is 0.263. The van der Waals surface area contributed by atoms with Gasteiger partial charge in [0.15, 0.2) is 0 Å². The zero-order chi connectivity index (χ0) is 19.8. The van der Waals surface area contributed by atoms with Gasteiger partial charge in [0.05, 0.1) is 10.2 Å². The van der Waals surface area contributed by atoms with E-state index < -0.39 is 29.5 Å². The molecule has 0 saturated carbocycles. The van der Waals surface area contributed by atoms with Gasteiger partial charge < -0.3 is 5.43 Å². The predicted molar refractivity (Wildman–Crippen MR) is 81.1 cm³/mol. The lowest BCUT2D eigenvalue weighted by atomic mass is 10.1. The molecule has 12 heteroatoms. The highest BCUT2D eigenvalue weighted by Crippen LogP contribution is 2.47. The van der Waals surface area contributed by atoms with E-state index in [1.165, 1.54) is 0 Å². The highest BCUT2D eigenvalue weighted by molar-refractivity contribution is 7.22. The maximum absolute atomic E-state index is 13.2. The maximum atomic E-state index is 13.2. The fraction of sp³-hybridized carbons (Fsp3) is 0.286. The SMILES string of the molecule is C/C(=C\C(=O)C(F)(F)C(F)(F)C(F)(F)F)NNc1nc2ccccc2s1. The van der Waals surface area contributed by atoms with Crippen molar-refractivity contribution in [3.05, 3.63) is 36.0 Å². The van der Waals surface area contributed by atoms with Crippen molar-refractivity contribution >= 4 is 32.5 Å². The first-order valence-electron chi connectivity index (χ1n) is 6.79. The Labute approximate surface area is 145 Å². The number of nitrogens with one attached hydrogen (secondary N) is 2. The van der Waals surface area contributed by atoms with Crippen LogP contribution in [0.15, 0.2) is 36.0 Å². The number of hydrazine groups is 1. The molecule has 0 radical (unpaired) electrons. The molecule has 2 aromatic rings. The number of aromatic nitrogens is 1. The topological polar surface area (TPSA) is 54.0 Å².